The summed E-state index contributed by atoms with van der Waals surface area (Å²) >= 11 is 0. The van der Waals surface area contributed by atoms with E-state index in [9.17, 15) is 9.59 Å². The normalized spacial score (nSPS) is 31.3. The van der Waals surface area contributed by atoms with Crippen molar-refractivity contribution in [2.75, 3.05) is 6.54 Å². The standard InChI is InChI=1S/C10H13N5O2/c11-8(16)6-3-10(5-14-6)9(17)13-4-7-12-1-2-15(7)10/h1-2,6,14H,3-5H2,(H2,11,16)(H,13,17)/t6-,10+/m0/s1. The SMILES string of the molecule is NC(=O)[C@@H]1C[C@@]2(CN1)C(=O)NCc1nccn12. The summed E-state index contributed by atoms with van der Waals surface area (Å²) in [5.74, 6) is 0.290. The number of carbonyl (C=O) groups is 2. The van der Waals surface area contributed by atoms with Crippen LogP contribution >= 0.6 is 0 Å². The summed E-state index contributed by atoms with van der Waals surface area (Å²) in [5, 5.41) is 5.80. The third-order valence-electron chi connectivity index (χ3n) is 3.53. The molecular weight excluding hydrogens is 222 g/mol. The summed E-state index contributed by atoms with van der Waals surface area (Å²) in [6.45, 7) is 0.824. The first-order valence-corrected chi connectivity index (χ1v) is 5.47. The number of amides is 2. The number of aromatic nitrogens is 2. The molecule has 1 aromatic heterocycles. The first-order valence-electron chi connectivity index (χ1n) is 5.47. The van der Waals surface area contributed by atoms with E-state index in [1.54, 1.807) is 12.4 Å². The van der Waals surface area contributed by atoms with Gasteiger partial charge in [-0.2, -0.15) is 0 Å². The summed E-state index contributed by atoms with van der Waals surface area (Å²) in [4.78, 5) is 27.5. The van der Waals surface area contributed by atoms with E-state index in [0.717, 1.165) is 5.82 Å². The van der Waals surface area contributed by atoms with E-state index in [0.29, 0.717) is 19.5 Å². The van der Waals surface area contributed by atoms with Gasteiger partial charge in [0.15, 0.2) is 0 Å². The molecule has 7 nitrogen and oxygen atoms in total. The van der Waals surface area contributed by atoms with Crippen LogP contribution in [0.25, 0.3) is 0 Å². The Bertz CT molecular complexity index is 497. The summed E-state index contributed by atoms with van der Waals surface area (Å²) in [5.41, 5.74) is 4.51. The second kappa shape index (κ2) is 3.30. The number of imidazole rings is 1. The minimum atomic E-state index is -0.760. The molecule has 3 heterocycles. The van der Waals surface area contributed by atoms with Crippen LogP contribution in [-0.2, 0) is 21.7 Å². The minimum absolute atomic E-state index is 0.0840. The Morgan fingerprint density at radius 2 is 2.47 bits per heavy atom. The highest BCUT2D eigenvalue weighted by atomic mass is 16.2. The fourth-order valence-corrected chi connectivity index (χ4v) is 2.62. The van der Waals surface area contributed by atoms with E-state index in [1.807, 2.05) is 4.57 Å². The number of nitrogens with zero attached hydrogens (tertiary/aromatic N) is 2. The third kappa shape index (κ3) is 1.29. The average molecular weight is 235 g/mol. The zero-order valence-corrected chi connectivity index (χ0v) is 9.14. The highest BCUT2D eigenvalue weighted by Crippen LogP contribution is 2.31. The lowest BCUT2D eigenvalue weighted by Crippen LogP contribution is -2.54. The molecule has 4 N–H and O–H groups in total. The maximum atomic E-state index is 12.1. The second-order valence-corrected chi connectivity index (χ2v) is 4.47. The lowest BCUT2D eigenvalue weighted by Gasteiger charge is -2.34. The molecule has 1 aromatic rings. The van der Waals surface area contributed by atoms with Crippen LogP contribution in [0.3, 0.4) is 0 Å². The van der Waals surface area contributed by atoms with Crippen LogP contribution in [0.5, 0.6) is 0 Å². The first-order chi connectivity index (χ1) is 8.13. The van der Waals surface area contributed by atoms with Crippen LogP contribution in [0.15, 0.2) is 12.4 Å². The molecule has 0 saturated carbocycles. The van der Waals surface area contributed by atoms with Crippen molar-refractivity contribution in [2.24, 2.45) is 5.73 Å². The summed E-state index contributed by atoms with van der Waals surface area (Å²) in [6, 6.07) is -0.464. The number of fused-ring (bicyclic) bond motifs is 2. The Balaban J connectivity index is 2.03. The number of nitrogens with one attached hydrogen (secondary N) is 2. The van der Waals surface area contributed by atoms with E-state index in [2.05, 4.69) is 15.6 Å². The van der Waals surface area contributed by atoms with Gasteiger partial charge in [0.05, 0.1) is 12.6 Å². The molecule has 2 amide bonds. The Morgan fingerprint density at radius 1 is 1.65 bits per heavy atom. The number of nitrogens with two attached hydrogens (primary N) is 1. The van der Waals surface area contributed by atoms with Crippen molar-refractivity contribution < 1.29 is 9.59 Å². The van der Waals surface area contributed by atoms with Gasteiger partial charge in [0, 0.05) is 25.4 Å². The largest absolute Gasteiger partial charge is 0.368 e. The first kappa shape index (κ1) is 10.3. The smallest absolute Gasteiger partial charge is 0.248 e. The van der Waals surface area contributed by atoms with Crippen LogP contribution in [0, 0.1) is 0 Å². The van der Waals surface area contributed by atoms with Crippen molar-refractivity contribution >= 4 is 11.8 Å². The van der Waals surface area contributed by atoms with Crippen molar-refractivity contribution in [2.45, 2.75) is 24.5 Å². The third-order valence-corrected chi connectivity index (χ3v) is 3.53. The van der Waals surface area contributed by atoms with Crippen molar-refractivity contribution in [3.8, 4) is 0 Å². The van der Waals surface area contributed by atoms with Crippen LogP contribution in [-0.4, -0.2) is 34.0 Å². The van der Waals surface area contributed by atoms with Crippen molar-refractivity contribution in [3.05, 3.63) is 18.2 Å². The molecule has 1 spiro atoms. The van der Waals surface area contributed by atoms with E-state index >= 15 is 0 Å². The summed E-state index contributed by atoms with van der Waals surface area (Å²) in [7, 11) is 0. The molecule has 1 saturated heterocycles. The number of hydrogen-bond donors (Lipinski definition) is 3. The lowest BCUT2D eigenvalue weighted by atomic mass is 9.92. The van der Waals surface area contributed by atoms with E-state index in [1.165, 1.54) is 0 Å². The van der Waals surface area contributed by atoms with Gasteiger partial charge in [-0.3, -0.25) is 9.59 Å². The zero-order chi connectivity index (χ0) is 12.0. The molecule has 0 aromatic carbocycles. The van der Waals surface area contributed by atoms with Crippen molar-refractivity contribution in [1.29, 1.82) is 0 Å². The van der Waals surface area contributed by atoms with Crippen molar-refractivity contribution in [3.63, 3.8) is 0 Å². The Hall–Kier alpha value is -1.89. The van der Waals surface area contributed by atoms with E-state index < -0.39 is 17.5 Å². The molecule has 3 rings (SSSR count). The molecule has 0 unspecified atom stereocenters. The fourth-order valence-electron chi connectivity index (χ4n) is 2.62. The molecule has 1 fully saturated rings. The predicted molar refractivity (Wildman–Crippen MR) is 57.6 cm³/mol. The summed E-state index contributed by atoms with van der Waals surface area (Å²) < 4.78 is 1.85. The van der Waals surface area contributed by atoms with Gasteiger partial charge in [-0.15, -0.1) is 0 Å². The van der Waals surface area contributed by atoms with Crippen LogP contribution < -0.4 is 16.4 Å². The molecule has 2 aliphatic rings. The lowest BCUT2D eigenvalue weighted by molar-refractivity contribution is -0.131. The van der Waals surface area contributed by atoms with Crippen molar-refractivity contribution in [1.82, 2.24) is 20.2 Å². The molecule has 2 atom stereocenters. The topological polar surface area (TPSA) is 102 Å². The Labute approximate surface area is 97.4 Å². The quantitative estimate of drug-likeness (QED) is 0.526. The van der Waals surface area contributed by atoms with Crippen LogP contribution in [0.1, 0.15) is 12.2 Å². The molecule has 2 aliphatic heterocycles. The highest BCUT2D eigenvalue weighted by molar-refractivity contribution is 5.89. The molecule has 0 bridgehead atoms. The summed E-state index contributed by atoms with van der Waals surface area (Å²) in [6.07, 6.45) is 3.81. The number of primary amides is 1. The zero-order valence-electron chi connectivity index (χ0n) is 9.14. The molecular formula is C10H13N5O2. The maximum absolute atomic E-state index is 12.1. The monoisotopic (exact) mass is 235 g/mol. The highest BCUT2D eigenvalue weighted by Gasteiger charge is 2.50. The number of rotatable bonds is 1. The number of carbonyl (C=O) groups excluding carboxylic acids is 2. The van der Waals surface area contributed by atoms with Gasteiger partial charge in [-0.05, 0) is 0 Å². The number of hydrogen-bond acceptors (Lipinski definition) is 4. The minimum Gasteiger partial charge on any atom is -0.368 e. The molecule has 17 heavy (non-hydrogen) atoms. The van der Waals surface area contributed by atoms with Gasteiger partial charge in [0.25, 0.3) is 0 Å². The molecule has 0 radical (unpaired) electrons. The fraction of sp³-hybridized carbons (Fsp3) is 0.500. The van der Waals surface area contributed by atoms with Crippen LogP contribution in [0.2, 0.25) is 0 Å². The van der Waals surface area contributed by atoms with Gasteiger partial charge in [-0.1, -0.05) is 0 Å². The predicted octanol–water partition coefficient (Wildman–Crippen LogP) is -1.94. The van der Waals surface area contributed by atoms with Gasteiger partial charge in [-0.25, -0.2) is 4.98 Å². The Kier molecular flexibility index (Phi) is 1.99. The van der Waals surface area contributed by atoms with Gasteiger partial charge >= 0.3 is 0 Å². The van der Waals surface area contributed by atoms with Gasteiger partial charge in [0.2, 0.25) is 11.8 Å². The molecule has 7 heteroatoms. The van der Waals surface area contributed by atoms with Gasteiger partial charge in [0.1, 0.15) is 11.4 Å². The van der Waals surface area contributed by atoms with Crippen LogP contribution in [0.4, 0.5) is 0 Å². The average Bonchev–Trinajstić information content (AvgIpc) is 2.92. The van der Waals surface area contributed by atoms with E-state index in [4.69, 9.17) is 5.73 Å². The Morgan fingerprint density at radius 3 is 3.18 bits per heavy atom. The second-order valence-electron chi connectivity index (χ2n) is 4.47. The van der Waals surface area contributed by atoms with E-state index in [-0.39, 0.29) is 5.91 Å². The molecule has 90 valence electrons. The van der Waals surface area contributed by atoms with Gasteiger partial charge < -0.3 is 20.9 Å². The molecule has 0 aliphatic carbocycles. The maximum Gasteiger partial charge on any atom is 0.248 e.